The van der Waals surface area contributed by atoms with E-state index in [1.165, 1.54) is 0 Å². The number of nitrogens with zero attached hydrogens (tertiary/aromatic N) is 2. The first-order valence-corrected chi connectivity index (χ1v) is 7.62. The van der Waals surface area contributed by atoms with E-state index in [1.54, 1.807) is 12.5 Å². The van der Waals surface area contributed by atoms with Gasteiger partial charge in [-0.05, 0) is 24.5 Å². The zero-order valence-corrected chi connectivity index (χ0v) is 13.2. The second kappa shape index (κ2) is 8.22. The van der Waals surface area contributed by atoms with E-state index in [0.29, 0.717) is 18.9 Å². The molecule has 1 amide bonds. The van der Waals surface area contributed by atoms with Crippen LogP contribution in [0.15, 0.2) is 43.0 Å². The van der Waals surface area contributed by atoms with Crippen molar-refractivity contribution >= 4 is 11.6 Å². The number of carbonyl (C=O) groups excluding carboxylic acids is 1. The number of ether oxygens (including phenoxy) is 1. The van der Waals surface area contributed by atoms with Crippen LogP contribution in [0.2, 0.25) is 0 Å². The Kier molecular flexibility index (Phi) is 6.01. The van der Waals surface area contributed by atoms with Gasteiger partial charge in [-0.25, -0.2) is 4.98 Å². The number of imidazole rings is 1. The molecule has 0 saturated carbocycles. The molecule has 2 rings (SSSR count). The fraction of sp³-hybridized carbons (Fsp3) is 0.412. The van der Waals surface area contributed by atoms with E-state index in [2.05, 4.69) is 24.1 Å². The molecule has 5 nitrogen and oxygen atoms in total. The number of hydrogen-bond donors (Lipinski definition) is 1. The fourth-order valence-corrected chi connectivity index (χ4v) is 1.99. The number of nitrogens with one attached hydrogen (secondary N) is 1. The first kappa shape index (κ1) is 16.1. The molecular weight excluding hydrogens is 278 g/mol. The Hall–Kier alpha value is -2.30. The Bertz CT molecular complexity index is 579. The smallest absolute Gasteiger partial charge is 0.224 e. The van der Waals surface area contributed by atoms with Crippen LogP contribution >= 0.6 is 0 Å². The van der Waals surface area contributed by atoms with E-state index >= 15 is 0 Å². The predicted octanol–water partition coefficient (Wildman–Crippen LogP) is 3.34. The maximum absolute atomic E-state index is 11.8. The second-order valence-corrected chi connectivity index (χ2v) is 5.66. The Labute approximate surface area is 131 Å². The first-order valence-electron chi connectivity index (χ1n) is 7.62. The molecule has 22 heavy (non-hydrogen) atoms. The number of hydrogen-bond acceptors (Lipinski definition) is 3. The van der Waals surface area contributed by atoms with Crippen molar-refractivity contribution in [3.05, 3.63) is 43.0 Å². The van der Waals surface area contributed by atoms with Crippen LogP contribution in [0.4, 0.5) is 5.69 Å². The lowest BCUT2D eigenvalue weighted by Gasteiger charge is -2.10. The molecule has 0 atom stereocenters. The number of carbonyl (C=O) groups is 1. The molecular formula is C17H23N3O2. The summed E-state index contributed by atoms with van der Waals surface area (Å²) in [5.41, 5.74) is 0.772. The van der Waals surface area contributed by atoms with Crippen molar-refractivity contribution in [3.8, 4) is 5.75 Å². The monoisotopic (exact) mass is 301 g/mol. The van der Waals surface area contributed by atoms with Crippen LogP contribution in [0, 0.1) is 5.92 Å². The van der Waals surface area contributed by atoms with Gasteiger partial charge >= 0.3 is 0 Å². The van der Waals surface area contributed by atoms with Crippen LogP contribution in [0.3, 0.4) is 0 Å². The van der Waals surface area contributed by atoms with Crippen molar-refractivity contribution in [1.29, 1.82) is 0 Å². The van der Waals surface area contributed by atoms with E-state index in [0.717, 1.165) is 24.4 Å². The fourth-order valence-electron chi connectivity index (χ4n) is 1.99. The van der Waals surface area contributed by atoms with Gasteiger partial charge in [0, 0.05) is 30.6 Å². The predicted molar refractivity (Wildman–Crippen MR) is 86.9 cm³/mol. The number of amides is 1. The van der Waals surface area contributed by atoms with Gasteiger partial charge < -0.3 is 14.6 Å². The van der Waals surface area contributed by atoms with Crippen molar-refractivity contribution in [3.63, 3.8) is 0 Å². The number of rotatable bonds is 8. The Balaban J connectivity index is 1.80. The summed E-state index contributed by atoms with van der Waals surface area (Å²) in [6.45, 7) is 5.52. The highest BCUT2D eigenvalue weighted by molar-refractivity contribution is 5.90. The summed E-state index contributed by atoms with van der Waals surface area (Å²) in [7, 11) is 0. The third-order valence-electron chi connectivity index (χ3n) is 3.24. The molecule has 0 radical (unpaired) electrons. The lowest BCUT2D eigenvalue weighted by atomic mass is 10.1. The molecule has 0 fully saturated rings. The van der Waals surface area contributed by atoms with Crippen LogP contribution < -0.4 is 10.1 Å². The first-order chi connectivity index (χ1) is 10.6. The Morgan fingerprint density at radius 1 is 1.41 bits per heavy atom. The van der Waals surface area contributed by atoms with E-state index < -0.39 is 0 Å². The summed E-state index contributed by atoms with van der Waals surface area (Å²) in [4.78, 5) is 15.8. The lowest BCUT2D eigenvalue weighted by Crippen LogP contribution is -2.12. The zero-order valence-electron chi connectivity index (χ0n) is 13.2. The molecule has 0 bridgehead atoms. The SMILES string of the molecule is CC(C)CCC(=O)Nc1cccc(OCCn2ccnc2)c1. The molecule has 0 saturated heterocycles. The Morgan fingerprint density at radius 3 is 3.00 bits per heavy atom. The largest absolute Gasteiger partial charge is 0.492 e. The average molecular weight is 301 g/mol. The summed E-state index contributed by atoms with van der Waals surface area (Å²) >= 11 is 0. The van der Waals surface area contributed by atoms with E-state index in [-0.39, 0.29) is 5.91 Å². The normalized spacial score (nSPS) is 10.7. The molecule has 0 spiro atoms. The molecule has 1 aromatic carbocycles. The van der Waals surface area contributed by atoms with Gasteiger partial charge in [0.15, 0.2) is 0 Å². The summed E-state index contributed by atoms with van der Waals surface area (Å²) in [5, 5.41) is 2.91. The maximum Gasteiger partial charge on any atom is 0.224 e. The minimum Gasteiger partial charge on any atom is -0.492 e. The summed E-state index contributed by atoms with van der Waals surface area (Å²) in [6, 6.07) is 7.49. The highest BCUT2D eigenvalue weighted by Crippen LogP contribution is 2.18. The van der Waals surface area contributed by atoms with Crippen molar-refractivity contribution in [1.82, 2.24) is 9.55 Å². The molecule has 0 unspecified atom stereocenters. The molecule has 118 valence electrons. The molecule has 0 aliphatic rings. The van der Waals surface area contributed by atoms with E-state index in [4.69, 9.17) is 4.74 Å². The van der Waals surface area contributed by atoms with Gasteiger partial charge in [0.05, 0.1) is 12.9 Å². The van der Waals surface area contributed by atoms with Crippen molar-refractivity contribution in [2.45, 2.75) is 33.2 Å². The van der Waals surface area contributed by atoms with Crippen molar-refractivity contribution in [2.75, 3.05) is 11.9 Å². The molecule has 0 aliphatic carbocycles. The van der Waals surface area contributed by atoms with Gasteiger partial charge in [0.2, 0.25) is 5.91 Å². The zero-order chi connectivity index (χ0) is 15.8. The molecule has 2 aromatic rings. The standard InChI is InChI=1S/C17H23N3O2/c1-14(2)6-7-17(21)19-15-4-3-5-16(12-15)22-11-10-20-9-8-18-13-20/h3-5,8-9,12-14H,6-7,10-11H2,1-2H3,(H,19,21). The molecule has 1 N–H and O–H groups in total. The quantitative estimate of drug-likeness (QED) is 0.813. The third-order valence-corrected chi connectivity index (χ3v) is 3.24. The van der Waals surface area contributed by atoms with Gasteiger partial charge in [0.1, 0.15) is 12.4 Å². The minimum atomic E-state index is 0.0456. The molecule has 1 aromatic heterocycles. The average Bonchev–Trinajstić information content (AvgIpc) is 2.99. The van der Waals surface area contributed by atoms with Crippen molar-refractivity contribution in [2.24, 2.45) is 5.92 Å². The number of aromatic nitrogens is 2. The van der Waals surface area contributed by atoms with E-state index in [1.807, 2.05) is 35.0 Å². The topological polar surface area (TPSA) is 56.1 Å². The van der Waals surface area contributed by atoms with Gasteiger partial charge in [-0.15, -0.1) is 0 Å². The molecule has 5 heteroatoms. The third kappa shape index (κ3) is 5.60. The van der Waals surface area contributed by atoms with Crippen LogP contribution in [0.5, 0.6) is 5.75 Å². The molecule has 1 heterocycles. The molecule has 0 aliphatic heterocycles. The van der Waals surface area contributed by atoms with Gasteiger partial charge in [-0.1, -0.05) is 19.9 Å². The van der Waals surface area contributed by atoms with Crippen LogP contribution in [0.1, 0.15) is 26.7 Å². The highest BCUT2D eigenvalue weighted by Gasteiger charge is 2.05. The van der Waals surface area contributed by atoms with Gasteiger partial charge in [-0.3, -0.25) is 4.79 Å². The maximum atomic E-state index is 11.8. The summed E-state index contributed by atoms with van der Waals surface area (Å²) in [6.07, 6.45) is 6.84. The Morgan fingerprint density at radius 2 is 2.27 bits per heavy atom. The lowest BCUT2D eigenvalue weighted by molar-refractivity contribution is -0.116. The number of anilines is 1. The second-order valence-electron chi connectivity index (χ2n) is 5.66. The van der Waals surface area contributed by atoms with Gasteiger partial charge in [0.25, 0.3) is 0 Å². The minimum absolute atomic E-state index is 0.0456. The van der Waals surface area contributed by atoms with Crippen LogP contribution in [-0.4, -0.2) is 22.1 Å². The van der Waals surface area contributed by atoms with E-state index in [9.17, 15) is 4.79 Å². The van der Waals surface area contributed by atoms with Crippen LogP contribution in [0.25, 0.3) is 0 Å². The summed E-state index contributed by atoms with van der Waals surface area (Å²) in [5.74, 6) is 1.33. The highest BCUT2D eigenvalue weighted by atomic mass is 16.5. The van der Waals surface area contributed by atoms with Crippen LogP contribution in [-0.2, 0) is 11.3 Å². The van der Waals surface area contributed by atoms with Crippen molar-refractivity contribution < 1.29 is 9.53 Å². The summed E-state index contributed by atoms with van der Waals surface area (Å²) < 4.78 is 7.66. The number of benzene rings is 1. The van der Waals surface area contributed by atoms with Gasteiger partial charge in [-0.2, -0.15) is 0 Å².